The van der Waals surface area contributed by atoms with Gasteiger partial charge in [-0.05, 0) is 30.0 Å². The number of aromatic nitrogens is 3. The number of H-pyrrole nitrogens is 1. The van der Waals surface area contributed by atoms with Gasteiger partial charge in [0.05, 0.1) is 18.6 Å². The molecule has 1 N–H and O–H groups in total. The largest absolute Gasteiger partial charge is 0.351 e. The molecule has 4 heteroatoms. The fourth-order valence-corrected chi connectivity index (χ4v) is 2.94. The van der Waals surface area contributed by atoms with Gasteiger partial charge in [-0.3, -0.25) is 0 Å². The minimum absolute atomic E-state index is 0.804. The lowest BCUT2D eigenvalue weighted by Crippen LogP contribution is -2.26. The van der Waals surface area contributed by atoms with Crippen molar-refractivity contribution in [2.45, 2.75) is 33.2 Å². The van der Waals surface area contributed by atoms with Gasteiger partial charge in [-0.25, -0.2) is 9.97 Å². The quantitative estimate of drug-likeness (QED) is 0.699. The first-order valence-corrected chi connectivity index (χ1v) is 8.58. The third kappa shape index (κ3) is 3.65. The van der Waals surface area contributed by atoms with Crippen LogP contribution >= 0.6 is 0 Å². The van der Waals surface area contributed by atoms with Crippen molar-refractivity contribution in [2.24, 2.45) is 0 Å². The van der Waals surface area contributed by atoms with Crippen LogP contribution in [0.25, 0.3) is 11.1 Å². The molecule has 0 spiro atoms. The van der Waals surface area contributed by atoms with Crippen molar-refractivity contribution < 1.29 is 0 Å². The first-order valence-electron chi connectivity index (χ1n) is 8.58. The Hall–Kier alpha value is -2.62. The van der Waals surface area contributed by atoms with E-state index in [9.17, 15) is 0 Å². The lowest BCUT2D eigenvalue weighted by molar-refractivity contribution is 0.739. The average Bonchev–Trinajstić information content (AvgIpc) is 3.15. The van der Waals surface area contributed by atoms with Crippen molar-refractivity contribution in [2.75, 3.05) is 11.4 Å². The van der Waals surface area contributed by atoms with Gasteiger partial charge in [0, 0.05) is 24.5 Å². The highest BCUT2D eigenvalue weighted by Gasteiger charge is 2.14. The van der Waals surface area contributed by atoms with E-state index < -0.39 is 0 Å². The molecule has 0 amide bonds. The highest BCUT2D eigenvalue weighted by atomic mass is 15.2. The summed E-state index contributed by atoms with van der Waals surface area (Å²) in [6.07, 6.45) is 7.64. The summed E-state index contributed by atoms with van der Waals surface area (Å²) in [4.78, 5) is 14.5. The highest BCUT2D eigenvalue weighted by molar-refractivity contribution is 5.66. The Morgan fingerprint density at radius 1 is 1.04 bits per heavy atom. The molecule has 0 unspecified atom stereocenters. The molecule has 0 bridgehead atoms. The highest BCUT2D eigenvalue weighted by Crippen LogP contribution is 2.26. The van der Waals surface area contributed by atoms with Crippen molar-refractivity contribution in [3.8, 4) is 11.1 Å². The molecule has 0 saturated carbocycles. The van der Waals surface area contributed by atoms with Crippen LogP contribution in [0.4, 0.5) is 5.82 Å². The van der Waals surface area contributed by atoms with Crippen LogP contribution in [-0.2, 0) is 13.0 Å². The number of rotatable bonds is 7. The normalized spacial score (nSPS) is 10.8. The number of imidazole rings is 1. The number of nitrogens with one attached hydrogen (secondary N) is 1. The molecule has 3 rings (SSSR count). The van der Waals surface area contributed by atoms with Crippen LogP contribution < -0.4 is 4.90 Å². The van der Waals surface area contributed by atoms with Gasteiger partial charge < -0.3 is 9.88 Å². The maximum absolute atomic E-state index is 4.82. The van der Waals surface area contributed by atoms with E-state index in [2.05, 4.69) is 59.0 Å². The second kappa shape index (κ2) is 7.77. The van der Waals surface area contributed by atoms with Crippen LogP contribution in [0.5, 0.6) is 0 Å². The van der Waals surface area contributed by atoms with Gasteiger partial charge in [-0.2, -0.15) is 0 Å². The molecule has 24 heavy (non-hydrogen) atoms. The third-order valence-electron chi connectivity index (χ3n) is 4.14. The first-order chi connectivity index (χ1) is 11.8. The Bertz CT molecular complexity index is 751. The molecule has 0 aliphatic heterocycles. The molecule has 2 aromatic heterocycles. The topological polar surface area (TPSA) is 44.8 Å². The van der Waals surface area contributed by atoms with Crippen LogP contribution in [-0.4, -0.2) is 21.5 Å². The second-order valence-corrected chi connectivity index (χ2v) is 5.92. The van der Waals surface area contributed by atoms with Crippen molar-refractivity contribution in [1.82, 2.24) is 15.0 Å². The lowest BCUT2D eigenvalue weighted by atomic mass is 10.0. The maximum atomic E-state index is 4.82. The molecule has 0 aliphatic rings. The molecular weight excluding hydrogens is 296 g/mol. The number of aromatic amines is 1. The predicted molar refractivity (Wildman–Crippen MR) is 99.0 cm³/mol. The summed E-state index contributed by atoms with van der Waals surface area (Å²) in [6, 6.07) is 12.7. The SMILES string of the molecule is CCCN(Cc1cnc[nH]1)c1ncc(-c2ccccc2)cc1CC. The molecule has 0 aliphatic carbocycles. The number of pyridine rings is 1. The van der Waals surface area contributed by atoms with Crippen LogP contribution in [0.2, 0.25) is 0 Å². The van der Waals surface area contributed by atoms with E-state index >= 15 is 0 Å². The average molecular weight is 320 g/mol. The number of hydrogen-bond acceptors (Lipinski definition) is 3. The summed E-state index contributed by atoms with van der Waals surface area (Å²) in [5.74, 6) is 1.08. The monoisotopic (exact) mass is 320 g/mol. The van der Waals surface area contributed by atoms with E-state index in [0.717, 1.165) is 37.4 Å². The fourth-order valence-electron chi connectivity index (χ4n) is 2.94. The van der Waals surface area contributed by atoms with Crippen LogP contribution in [0.3, 0.4) is 0 Å². The predicted octanol–water partition coefficient (Wildman–Crippen LogP) is 4.45. The van der Waals surface area contributed by atoms with Crippen molar-refractivity contribution >= 4 is 5.82 Å². The van der Waals surface area contributed by atoms with Gasteiger partial charge in [0.1, 0.15) is 5.82 Å². The van der Waals surface area contributed by atoms with Crippen molar-refractivity contribution in [1.29, 1.82) is 0 Å². The molecular formula is C20H24N4. The van der Waals surface area contributed by atoms with E-state index in [1.165, 1.54) is 16.7 Å². The van der Waals surface area contributed by atoms with Crippen LogP contribution in [0.1, 0.15) is 31.5 Å². The standard InChI is InChI=1S/C20H24N4/c1-3-10-24(14-19-13-21-15-23-19)20-16(4-2)11-18(12-22-20)17-8-6-5-7-9-17/h5-9,11-13,15H,3-4,10,14H2,1-2H3,(H,21,23). The number of anilines is 1. The Labute approximate surface area is 143 Å². The maximum Gasteiger partial charge on any atom is 0.132 e. The minimum Gasteiger partial charge on any atom is -0.351 e. The Balaban J connectivity index is 1.93. The lowest BCUT2D eigenvalue weighted by Gasteiger charge is -2.25. The zero-order valence-electron chi connectivity index (χ0n) is 14.4. The van der Waals surface area contributed by atoms with E-state index in [0.29, 0.717) is 0 Å². The summed E-state index contributed by atoms with van der Waals surface area (Å²) < 4.78 is 0. The molecule has 2 heterocycles. The molecule has 3 aromatic rings. The number of benzene rings is 1. The third-order valence-corrected chi connectivity index (χ3v) is 4.14. The van der Waals surface area contributed by atoms with E-state index in [1.807, 2.05) is 18.5 Å². The summed E-state index contributed by atoms with van der Waals surface area (Å²) >= 11 is 0. The van der Waals surface area contributed by atoms with E-state index in [-0.39, 0.29) is 0 Å². The summed E-state index contributed by atoms with van der Waals surface area (Å²) in [5, 5.41) is 0. The molecule has 0 saturated heterocycles. The molecule has 1 aromatic carbocycles. The van der Waals surface area contributed by atoms with Gasteiger partial charge >= 0.3 is 0 Å². The smallest absolute Gasteiger partial charge is 0.132 e. The Morgan fingerprint density at radius 2 is 1.88 bits per heavy atom. The van der Waals surface area contributed by atoms with Gasteiger partial charge in [-0.15, -0.1) is 0 Å². The zero-order valence-corrected chi connectivity index (χ0v) is 14.4. The second-order valence-electron chi connectivity index (χ2n) is 5.92. The minimum atomic E-state index is 0.804. The van der Waals surface area contributed by atoms with Crippen LogP contribution in [0, 0.1) is 0 Å². The summed E-state index contributed by atoms with van der Waals surface area (Å²) in [5.41, 5.74) is 4.78. The molecule has 0 radical (unpaired) electrons. The number of hydrogen-bond donors (Lipinski definition) is 1. The number of aryl methyl sites for hydroxylation is 1. The number of nitrogens with zero attached hydrogens (tertiary/aromatic N) is 3. The Morgan fingerprint density at radius 3 is 2.54 bits per heavy atom. The molecule has 0 atom stereocenters. The van der Waals surface area contributed by atoms with Crippen molar-refractivity contribution in [3.05, 3.63) is 66.4 Å². The summed E-state index contributed by atoms with van der Waals surface area (Å²) in [7, 11) is 0. The molecule has 4 nitrogen and oxygen atoms in total. The van der Waals surface area contributed by atoms with Gasteiger partial charge in [-0.1, -0.05) is 44.2 Å². The van der Waals surface area contributed by atoms with Crippen molar-refractivity contribution in [3.63, 3.8) is 0 Å². The zero-order chi connectivity index (χ0) is 16.8. The molecule has 0 fully saturated rings. The van der Waals surface area contributed by atoms with Crippen LogP contribution in [0.15, 0.2) is 55.1 Å². The van der Waals surface area contributed by atoms with Gasteiger partial charge in [0.2, 0.25) is 0 Å². The van der Waals surface area contributed by atoms with Gasteiger partial charge in [0.15, 0.2) is 0 Å². The van der Waals surface area contributed by atoms with E-state index in [4.69, 9.17) is 4.98 Å². The molecule has 124 valence electrons. The fraction of sp³-hybridized carbons (Fsp3) is 0.300. The van der Waals surface area contributed by atoms with E-state index in [1.54, 1.807) is 6.33 Å². The first kappa shape index (κ1) is 16.2. The summed E-state index contributed by atoms with van der Waals surface area (Å²) in [6.45, 7) is 6.17. The Kier molecular flexibility index (Phi) is 5.26. The van der Waals surface area contributed by atoms with Gasteiger partial charge in [0.25, 0.3) is 0 Å².